The first-order valence-electron chi connectivity index (χ1n) is 8.69. The van der Waals surface area contributed by atoms with Crippen LogP contribution >= 0.6 is 11.3 Å². The maximum Gasteiger partial charge on any atom is 0.276 e. The number of pyridine rings is 1. The Kier molecular flexibility index (Phi) is 5.03. The van der Waals surface area contributed by atoms with E-state index in [0.717, 1.165) is 15.8 Å². The molecule has 0 saturated heterocycles. The van der Waals surface area contributed by atoms with Crippen LogP contribution < -0.4 is 4.74 Å². The monoisotopic (exact) mass is 394 g/mol. The van der Waals surface area contributed by atoms with Gasteiger partial charge in [-0.3, -0.25) is 14.8 Å². The highest BCUT2D eigenvalue weighted by Gasteiger charge is 2.23. The molecule has 0 aliphatic heterocycles. The standard InChI is InChI=1S/C20H18N4O3S/c1-13(18-9-21-12-28-18)24(2)20(25)17-10-27-19(23-17)11-26-15-5-6-16-14(8-15)4-3-7-22-16/h3-10,12-13H,11H2,1-2H3/t13-/m1/s1. The van der Waals surface area contributed by atoms with Crippen LogP contribution in [0.25, 0.3) is 10.9 Å². The molecule has 3 aromatic heterocycles. The zero-order chi connectivity index (χ0) is 19.5. The number of rotatable bonds is 6. The predicted molar refractivity (Wildman–Crippen MR) is 105 cm³/mol. The predicted octanol–water partition coefficient (Wildman–Crippen LogP) is 4.09. The zero-order valence-electron chi connectivity index (χ0n) is 15.4. The summed E-state index contributed by atoms with van der Waals surface area (Å²) in [7, 11) is 1.74. The molecule has 1 aromatic carbocycles. The van der Waals surface area contributed by atoms with Gasteiger partial charge in [-0.25, -0.2) is 4.98 Å². The van der Waals surface area contributed by atoms with Crippen LogP contribution in [0.2, 0.25) is 0 Å². The van der Waals surface area contributed by atoms with Crippen molar-refractivity contribution in [2.45, 2.75) is 19.6 Å². The van der Waals surface area contributed by atoms with Crippen molar-refractivity contribution in [2.75, 3.05) is 7.05 Å². The van der Waals surface area contributed by atoms with E-state index >= 15 is 0 Å². The van der Waals surface area contributed by atoms with Crippen LogP contribution in [0.3, 0.4) is 0 Å². The summed E-state index contributed by atoms with van der Waals surface area (Å²) >= 11 is 1.51. The van der Waals surface area contributed by atoms with E-state index in [0.29, 0.717) is 11.6 Å². The molecule has 8 heteroatoms. The molecule has 142 valence electrons. The van der Waals surface area contributed by atoms with Gasteiger partial charge in [0.05, 0.1) is 17.1 Å². The molecule has 0 fully saturated rings. The Bertz CT molecular complexity index is 1090. The minimum atomic E-state index is -0.215. The van der Waals surface area contributed by atoms with Crippen LogP contribution in [0.15, 0.2) is 58.9 Å². The molecule has 4 aromatic rings. The van der Waals surface area contributed by atoms with E-state index in [1.165, 1.54) is 17.6 Å². The second-order valence-electron chi connectivity index (χ2n) is 6.27. The molecule has 0 unspecified atom stereocenters. The van der Waals surface area contributed by atoms with Gasteiger partial charge < -0.3 is 14.1 Å². The maximum absolute atomic E-state index is 12.7. The normalized spacial score (nSPS) is 12.1. The molecule has 28 heavy (non-hydrogen) atoms. The number of fused-ring (bicyclic) bond motifs is 1. The number of thiazole rings is 1. The highest BCUT2D eigenvalue weighted by Crippen LogP contribution is 2.24. The molecule has 0 aliphatic rings. The van der Waals surface area contributed by atoms with Crippen LogP contribution in [0.5, 0.6) is 5.75 Å². The first-order valence-corrected chi connectivity index (χ1v) is 9.57. The van der Waals surface area contributed by atoms with E-state index in [1.54, 1.807) is 29.9 Å². The fourth-order valence-corrected chi connectivity index (χ4v) is 3.46. The van der Waals surface area contributed by atoms with Crippen molar-refractivity contribution in [3.8, 4) is 5.75 Å². The van der Waals surface area contributed by atoms with Crippen molar-refractivity contribution in [3.63, 3.8) is 0 Å². The fourth-order valence-electron chi connectivity index (χ4n) is 2.74. The summed E-state index contributed by atoms with van der Waals surface area (Å²) in [5.41, 5.74) is 2.90. The van der Waals surface area contributed by atoms with Gasteiger partial charge in [-0.05, 0) is 31.2 Å². The van der Waals surface area contributed by atoms with Crippen LogP contribution in [0.4, 0.5) is 0 Å². The summed E-state index contributed by atoms with van der Waals surface area (Å²) < 4.78 is 11.2. The summed E-state index contributed by atoms with van der Waals surface area (Å²) in [5.74, 6) is 0.809. The topological polar surface area (TPSA) is 81.4 Å². The Labute approximate surface area is 165 Å². The van der Waals surface area contributed by atoms with Crippen molar-refractivity contribution < 1.29 is 13.9 Å². The van der Waals surface area contributed by atoms with Crippen molar-refractivity contribution in [1.29, 1.82) is 0 Å². The maximum atomic E-state index is 12.7. The Morgan fingerprint density at radius 3 is 3.07 bits per heavy atom. The molecule has 0 spiro atoms. The van der Waals surface area contributed by atoms with Crippen LogP contribution in [0.1, 0.15) is 34.2 Å². The van der Waals surface area contributed by atoms with Gasteiger partial charge >= 0.3 is 0 Å². The Morgan fingerprint density at radius 1 is 1.36 bits per heavy atom. The van der Waals surface area contributed by atoms with Gasteiger partial charge in [-0.1, -0.05) is 6.07 Å². The lowest BCUT2D eigenvalue weighted by molar-refractivity contribution is 0.0738. The molecule has 0 radical (unpaired) electrons. The average molecular weight is 394 g/mol. The van der Waals surface area contributed by atoms with E-state index in [9.17, 15) is 4.79 Å². The third-order valence-corrected chi connectivity index (χ3v) is 5.42. The summed E-state index contributed by atoms with van der Waals surface area (Å²) in [6.45, 7) is 2.08. The summed E-state index contributed by atoms with van der Waals surface area (Å²) in [6, 6.07) is 9.39. The van der Waals surface area contributed by atoms with E-state index in [4.69, 9.17) is 9.15 Å². The number of benzene rings is 1. The van der Waals surface area contributed by atoms with Gasteiger partial charge in [-0.2, -0.15) is 0 Å². The molecule has 0 bridgehead atoms. The van der Waals surface area contributed by atoms with E-state index in [2.05, 4.69) is 15.0 Å². The first-order chi connectivity index (χ1) is 13.6. The average Bonchev–Trinajstić information content (AvgIpc) is 3.42. The number of amides is 1. The van der Waals surface area contributed by atoms with Crippen LogP contribution in [-0.4, -0.2) is 32.8 Å². The molecule has 0 saturated carbocycles. The number of carbonyl (C=O) groups excluding carboxylic acids is 1. The number of nitrogens with zero attached hydrogens (tertiary/aromatic N) is 4. The molecule has 1 atom stereocenters. The minimum Gasteiger partial charge on any atom is -0.484 e. The number of carbonyl (C=O) groups is 1. The van der Waals surface area contributed by atoms with Gasteiger partial charge in [0.2, 0.25) is 5.89 Å². The SMILES string of the molecule is C[C@H](c1cncs1)N(C)C(=O)c1coc(COc2ccc3ncccc3c2)n1. The Balaban J connectivity index is 1.41. The van der Waals surface area contributed by atoms with Crippen LogP contribution in [0, 0.1) is 0 Å². The lowest BCUT2D eigenvalue weighted by Gasteiger charge is -2.22. The van der Waals surface area contributed by atoms with E-state index in [1.807, 2.05) is 37.3 Å². The Morgan fingerprint density at radius 2 is 2.25 bits per heavy atom. The van der Waals surface area contributed by atoms with Crippen molar-refractivity contribution >= 4 is 28.1 Å². The lowest BCUT2D eigenvalue weighted by Crippen LogP contribution is -2.29. The molecular weight excluding hydrogens is 376 g/mol. The first kappa shape index (κ1) is 18.1. The quantitative estimate of drug-likeness (QED) is 0.490. The summed E-state index contributed by atoms with van der Waals surface area (Å²) in [4.78, 5) is 27.9. The van der Waals surface area contributed by atoms with Gasteiger partial charge in [0.25, 0.3) is 5.91 Å². The van der Waals surface area contributed by atoms with E-state index in [-0.39, 0.29) is 24.2 Å². The molecule has 4 rings (SSSR count). The summed E-state index contributed by atoms with van der Waals surface area (Å²) in [6.07, 6.45) is 4.88. The third-order valence-electron chi connectivity index (χ3n) is 4.47. The van der Waals surface area contributed by atoms with Gasteiger partial charge in [-0.15, -0.1) is 11.3 Å². The molecule has 1 amide bonds. The van der Waals surface area contributed by atoms with Crippen molar-refractivity contribution in [3.05, 3.63) is 71.0 Å². The highest BCUT2D eigenvalue weighted by molar-refractivity contribution is 7.09. The molecule has 0 aliphatic carbocycles. The summed E-state index contributed by atoms with van der Waals surface area (Å²) in [5, 5.41) is 0.988. The van der Waals surface area contributed by atoms with Gasteiger partial charge in [0.1, 0.15) is 12.0 Å². The number of hydrogen-bond acceptors (Lipinski definition) is 7. The van der Waals surface area contributed by atoms with Crippen molar-refractivity contribution in [1.82, 2.24) is 19.9 Å². The minimum absolute atomic E-state index is 0.0948. The molecule has 7 nitrogen and oxygen atoms in total. The second-order valence-corrected chi connectivity index (χ2v) is 7.19. The molecular formula is C20H18N4O3S. The smallest absolute Gasteiger partial charge is 0.276 e. The zero-order valence-corrected chi connectivity index (χ0v) is 16.2. The number of ether oxygens (including phenoxy) is 1. The van der Waals surface area contributed by atoms with E-state index < -0.39 is 0 Å². The second kappa shape index (κ2) is 7.77. The van der Waals surface area contributed by atoms with Gasteiger partial charge in [0.15, 0.2) is 12.3 Å². The molecule has 0 N–H and O–H groups in total. The fraction of sp³-hybridized carbons (Fsp3) is 0.200. The third kappa shape index (κ3) is 3.72. The van der Waals surface area contributed by atoms with Gasteiger partial charge in [0, 0.05) is 29.7 Å². The lowest BCUT2D eigenvalue weighted by atomic mass is 10.2. The number of hydrogen-bond donors (Lipinski definition) is 0. The largest absolute Gasteiger partial charge is 0.484 e. The Hall–Kier alpha value is -3.26. The number of oxazole rings is 1. The highest BCUT2D eigenvalue weighted by atomic mass is 32.1. The van der Waals surface area contributed by atoms with Crippen molar-refractivity contribution in [2.24, 2.45) is 0 Å². The molecule has 3 heterocycles. The number of aromatic nitrogens is 3. The van der Waals surface area contributed by atoms with Crippen LogP contribution in [-0.2, 0) is 6.61 Å².